The Balaban J connectivity index is 2.44. The highest BCUT2D eigenvalue weighted by atomic mass is 15.5. The second-order valence-corrected chi connectivity index (χ2v) is 3.71. The van der Waals surface area contributed by atoms with Crippen LogP contribution in [0.5, 0.6) is 0 Å². The lowest BCUT2D eigenvalue weighted by Crippen LogP contribution is -2.56. The normalized spacial score (nSPS) is 34.1. The first-order valence-electron chi connectivity index (χ1n) is 4.73. The number of nitrogens with zero attached hydrogens (tertiary/aromatic N) is 1. The van der Waals surface area contributed by atoms with E-state index in [1.807, 2.05) is 0 Å². The van der Waals surface area contributed by atoms with Crippen molar-refractivity contribution in [3.63, 3.8) is 0 Å². The van der Waals surface area contributed by atoms with Gasteiger partial charge in [-0.05, 0) is 26.2 Å². The highest BCUT2D eigenvalue weighted by Gasteiger charge is 2.27. The Kier molecular flexibility index (Phi) is 2.90. The summed E-state index contributed by atoms with van der Waals surface area (Å²) in [6.45, 7) is 9.11. The SMILES string of the molecule is CCN1CCCC(C)(CC)N1. The molecule has 0 saturated carbocycles. The van der Waals surface area contributed by atoms with Crippen molar-refractivity contribution in [2.75, 3.05) is 13.1 Å². The Morgan fingerprint density at radius 3 is 2.73 bits per heavy atom. The first-order chi connectivity index (χ1) is 5.20. The van der Waals surface area contributed by atoms with Gasteiger partial charge in [-0.2, -0.15) is 0 Å². The molecule has 2 nitrogen and oxygen atoms in total. The summed E-state index contributed by atoms with van der Waals surface area (Å²) in [4.78, 5) is 0. The van der Waals surface area contributed by atoms with Crippen LogP contribution >= 0.6 is 0 Å². The van der Waals surface area contributed by atoms with Crippen molar-refractivity contribution < 1.29 is 0 Å². The summed E-state index contributed by atoms with van der Waals surface area (Å²) >= 11 is 0. The molecule has 0 amide bonds. The van der Waals surface area contributed by atoms with Crippen molar-refractivity contribution in [3.05, 3.63) is 0 Å². The van der Waals surface area contributed by atoms with Crippen LogP contribution in [0.3, 0.4) is 0 Å². The van der Waals surface area contributed by atoms with E-state index < -0.39 is 0 Å². The topological polar surface area (TPSA) is 15.3 Å². The van der Waals surface area contributed by atoms with E-state index in [4.69, 9.17) is 0 Å². The maximum atomic E-state index is 3.56. The lowest BCUT2D eigenvalue weighted by molar-refractivity contribution is 0.0638. The molecular formula is C9H20N2. The van der Waals surface area contributed by atoms with E-state index >= 15 is 0 Å². The third-order valence-corrected chi connectivity index (χ3v) is 2.75. The zero-order chi connectivity index (χ0) is 8.32. The van der Waals surface area contributed by atoms with Gasteiger partial charge in [0.2, 0.25) is 0 Å². The first kappa shape index (κ1) is 9.01. The number of hydrazine groups is 1. The van der Waals surface area contributed by atoms with Crippen LogP contribution in [-0.4, -0.2) is 23.6 Å². The van der Waals surface area contributed by atoms with Gasteiger partial charge in [-0.1, -0.05) is 13.8 Å². The van der Waals surface area contributed by atoms with Crippen LogP contribution in [0.1, 0.15) is 40.0 Å². The van der Waals surface area contributed by atoms with Crippen molar-refractivity contribution >= 4 is 0 Å². The molecule has 1 fully saturated rings. The van der Waals surface area contributed by atoms with E-state index in [1.54, 1.807) is 0 Å². The Bertz CT molecular complexity index is 125. The Morgan fingerprint density at radius 2 is 2.18 bits per heavy atom. The molecule has 0 radical (unpaired) electrons. The molecule has 1 aliphatic heterocycles. The summed E-state index contributed by atoms with van der Waals surface area (Å²) in [6, 6.07) is 0. The molecule has 2 heteroatoms. The summed E-state index contributed by atoms with van der Waals surface area (Å²) in [5.74, 6) is 0. The second kappa shape index (κ2) is 3.55. The van der Waals surface area contributed by atoms with Gasteiger partial charge in [0, 0.05) is 18.6 Å². The van der Waals surface area contributed by atoms with Gasteiger partial charge in [0.1, 0.15) is 0 Å². The van der Waals surface area contributed by atoms with E-state index in [0.717, 1.165) is 6.54 Å². The molecule has 0 aromatic heterocycles. The van der Waals surface area contributed by atoms with E-state index in [1.165, 1.54) is 25.8 Å². The first-order valence-corrected chi connectivity index (χ1v) is 4.73. The summed E-state index contributed by atoms with van der Waals surface area (Å²) in [5.41, 5.74) is 3.93. The van der Waals surface area contributed by atoms with Gasteiger partial charge in [0.25, 0.3) is 0 Å². The largest absolute Gasteiger partial charge is 0.249 e. The molecule has 11 heavy (non-hydrogen) atoms. The molecule has 0 aliphatic carbocycles. The smallest absolute Gasteiger partial charge is 0.0295 e. The number of rotatable bonds is 2. The predicted molar refractivity (Wildman–Crippen MR) is 48.3 cm³/mol. The lowest BCUT2D eigenvalue weighted by atomic mass is 9.92. The minimum atomic E-state index is 0.369. The standard InChI is InChI=1S/C9H20N2/c1-4-9(3)7-6-8-11(5-2)10-9/h10H,4-8H2,1-3H3. The van der Waals surface area contributed by atoms with Crippen molar-refractivity contribution in [3.8, 4) is 0 Å². The van der Waals surface area contributed by atoms with Crippen LogP contribution < -0.4 is 5.43 Å². The average Bonchev–Trinajstić information content (AvgIpc) is 2.05. The summed E-state index contributed by atoms with van der Waals surface area (Å²) in [7, 11) is 0. The van der Waals surface area contributed by atoms with Crippen LogP contribution in [0.4, 0.5) is 0 Å². The summed E-state index contributed by atoms with van der Waals surface area (Å²) < 4.78 is 0. The molecule has 0 bridgehead atoms. The van der Waals surface area contributed by atoms with Crippen LogP contribution in [0.15, 0.2) is 0 Å². The zero-order valence-corrected chi connectivity index (χ0v) is 7.98. The van der Waals surface area contributed by atoms with Gasteiger partial charge in [-0.3, -0.25) is 0 Å². The molecule has 66 valence electrons. The fraction of sp³-hybridized carbons (Fsp3) is 1.00. The fourth-order valence-corrected chi connectivity index (χ4v) is 1.65. The van der Waals surface area contributed by atoms with Gasteiger partial charge in [0.05, 0.1) is 0 Å². The van der Waals surface area contributed by atoms with Gasteiger partial charge < -0.3 is 0 Å². The second-order valence-electron chi connectivity index (χ2n) is 3.71. The third-order valence-electron chi connectivity index (χ3n) is 2.75. The molecule has 1 N–H and O–H groups in total. The summed E-state index contributed by atoms with van der Waals surface area (Å²) in [5, 5.41) is 2.33. The molecule has 1 aliphatic rings. The van der Waals surface area contributed by atoms with Gasteiger partial charge >= 0.3 is 0 Å². The molecule has 1 unspecified atom stereocenters. The minimum absolute atomic E-state index is 0.369. The predicted octanol–water partition coefficient (Wildman–Crippen LogP) is 1.78. The molecule has 1 heterocycles. The van der Waals surface area contributed by atoms with E-state index in [0.29, 0.717) is 5.54 Å². The molecule has 0 aromatic rings. The molecule has 0 spiro atoms. The lowest BCUT2D eigenvalue weighted by Gasteiger charge is -2.40. The number of hydrogen-bond donors (Lipinski definition) is 1. The highest BCUT2D eigenvalue weighted by Crippen LogP contribution is 2.21. The van der Waals surface area contributed by atoms with Crippen LogP contribution in [0.2, 0.25) is 0 Å². The average molecular weight is 156 g/mol. The quantitative estimate of drug-likeness (QED) is 0.655. The van der Waals surface area contributed by atoms with Crippen LogP contribution in [0, 0.1) is 0 Å². The van der Waals surface area contributed by atoms with Crippen LogP contribution in [-0.2, 0) is 0 Å². The molecule has 1 rings (SSSR count). The Morgan fingerprint density at radius 1 is 1.45 bits per heavy atom. The van der Waals surface area contributed by atoms with Gasteiger partial charge in [-0.25, -0.2) is 10.4 Å². The van der Waals surface area contributed by atoms with E-state index in [-0.39, 0.29) is 0 Å². The maximum absolute atomic E-state index is 3.56. The van der Waals surface area contributed by atoms with Crippen molar-refractivity contribution in [1.82, 2.24) is 10.4 Å². The number of hydrogen-bond acceptors (Lipinski definition) is 2. The molecule has 1 atom stereocenters. The number of nitrogens with one attached hydrogen (secondary N) is 1. The molecule has 1 saturated heterocycles. The Hall–Kier alpha value is -0.0800. The zero-order valence-electron chi connectivity index (χ0n) is 7.98. The van der Waals surface area contributed by atoms with E-state index in [9.17, 15) is 0 Å². The molecule has 0 aromatic carbocycles. The maximum Gasteiger partial charge on any atom is 0.0295 e. The van der Waals surface area contributed by atoms with Crippen molar-refractivity contribution in [2.45, 2.75) is 45.6 Å². The highest BCUT2D eigenvalue weighted by molar-refractivity contribution is 4.83. The van der Waals surface area contributed by atoms with Crippen molar-refractivity contribution in [2.24, 2.45) is 0 Å². The van der Waals surface area contributed by atoms with Gasteiger partial charge in [-0.15, -0.1) is 0 Å². The summed E-state index contributed by atoms with van der Waals surface area (Å²) in [6.07, 6.45) is 3.88. The monoisotopic (exact) mass is 156 g/mol. The minimum Gasteiger partial charge on any atom is -0.249 e. The van der Waals surface area contributed by atoms with Crippen LogP contribution in [0.25, 0.3) is 0 Å². The van der Waals surface area contributed by atoms with Gasteiger partial charge in [0.15, 0.2) is 0 Å². The molecular weight excluding hydrogens is 136 g/mol. The van der Waals surface area contributed by atoms with E-state index in [2.05, 4.69) is 31.2 Å². The third kappa shape index (κ3) is 2.17. The Labute approximate surface area is 69.9 Å². The fourth-order valence-electron chi connectivity index (χ4n) is 1.65. The van der Waals surface area contributed by atoms with Crippen molar-refractivity contribution in [1.29, 1.82) is 0 Å².